The predicted molar refractivity (Wildman–Crippen MR) is 63.2 cm³/mol. The van der Waals surface area contributed by atoms with Crippen LogP contribution in [-0.4, -0.2) is 21.6 Å². The van der Waals surface area contributed by atoms with Crippen molar-refractivity contribution in [2.75, 3.05) is 7.11 Å². The molecule has 0 heterocycles. The third-order valence-electron chi connectivity index (χ3n) is 2.18. The summed E-state index contributed by atoms with van der Waals surface area (Å²) >= 11 is 0. The van der Waals surface area contributed by atoms with Crippen LogP contribution in [0.2, 0.25) is 0 Å². The third kappa shape index (κ3) is 3.45. The molecule has 0 spiro atoms. The highest BCUT2D eigenvalue weighted by molar-refractivity contribution is 7.90. The summed E-state index contributed by atoms with van der Waals surface area (Å²) in [5, 5.41) is 0. The van der Waals surface area contributed by atoms with Crippen molar-refractivity contribution in [3.8, 4) is 0 Å². The number of amides is 1. The van der Waals surface area contributed by atoms with E-state index >= 15 is 0 Å². The van der Waals surface area contributed by atoms with Gasteiger partial charge < -0.3 is 4.74 Å². The molecule has 0 bridgehead atoms. The lowest BCUT2D eigenvalue weighted by Gasteiger charge is -2.09. The highest BCUT2D eigenvalue weighted by atomic mass is 32.2. The maximum absolute atomic E-state index is 11.9. The van der Waals surface area contributed by atoms with Gasteiger partial charge in [0.05, 0.1) is 12.0 Å². The van der Waals surface area contributed by atoms with Gasteiger partial charge in [0.15, 0.2) is 0 Å². The highest BCUT2D eigenvalue weighted by Crippen LogP contribution is 2.16. The van der Waals surface area contributed by atoms with E-state index in [1.54, 1.807) is 18.2 Å². The molecule has 0 aliphatic rings. The Bertz CT molecular complexity index is 496. The van der Waals surface area contributed by atoms with E-state index < -0.39 is 16.1 Å². The quantitative estimate of drug-likeness (QED) is 0.890. The number of nitrogens with one attached hydrogen (secondary N) is 1. The van der Waals surface area contributed by atoms with Crippen LogP contribution < -0.4 is 4.72 Å². The first-order chi connectivity index (χ1) is 8.01. The number of carbonyl (C=O) groups is 1. The molecule has 0 saturated heterocycles. The van der Waals surface area contributed by atoms with Crippen molar-refractivity contribution in [3.05, 3.63) is 29.8 Å². The molecule has 0 fully saturated rings. The number of benzene rings is 1. The Morgan fingerprint density at radius 1 is 1.35 bits per heavy atom. The average molecular weight is 257 g/mol. The van der Waals surface area contributed by atoms with Crippen LogP contribution in [0.15, 0.2) is 29.2 Å². The number of hydrogen-bond donors (Lipinski definition) is 1. The van der Waals surface area contributed by atoms with Gasteiger partial charge in [-0.3, -0.25) is 0 Å². The summed E-state index contributed by atoms with van der Waals surface area (Å²) in [7, 11) is -2.74. The molecule has 0 aliphatic heterocycles. The molecule has 0 unspecified atom stereocenters. The molecule has 0 aliphatic carbocycles. The maximum atomic E-state index is 11.9. The van der Waals surface area contributed by atoms with Crippen molar-refractivity contribution in [3.63, 3.8) is 0 Å². The normalized spacial score (nSPS) is 10.9. The van der Waals surface area contributed by atoms with Crippen LogP contribution in [0.1, 0.15) is 18.9 Å². The van der Waals surface area contributed by atoms with Crippen molar-refractivity contribution in [1.82, 2.24) is 4.72 Å². The van der Waals surface area contributed by atoms with Crippen LogP contribution in [-0.2, 0) is 21.2 Å². The van der Waals surface area contributed by atoms with E-state index in [1.165, 1.54) is 6.07 Å². The molecule has 1 N–H and O–H groups in total. The summed E-state index contributed by atoms with van der Waals surface area (Å²) in [6, 6.07) is 6.58. The van der Waals surface area contributed by atoms with Gasteiger partial charge in [0.1, 0.15) is 0 Å². The van der Waals surface area contributed by atoms with Crippen molar-refractivity contribution >= 4 is 16.1 Å². The second kappa shape index (κ2) is 5.67. The van der Waals surface area contributed by atoms with E-state index in [1.807, 2.05) is 11.6 Å². The molecule has 5 nitrogen and oxygen atoms in total. The van der Waals surface area contributed by atoms with Gasteiger partial charge in [-0.15, -0.1) is 0 Å². The van der Waals surface area contributed by atoms with E-state index in [2.05, 4.69) is 4.74 Å². The molecule has 0 atom stereocenters. The number of carbonyl (C=O) groups excluding carboxylic acids is 1. The van der Waals surface area contributed by atoms with E-state index in [0.717, 1.165) is 13.5 Å². The summed E-state index contributed by atoms with van der Waals surface area (Å²) in [6.07, 6.45) is 0.472. The van der Waals surface area contributed by atoms with E-state index in [-0.39, 0.29) is 4.90 Å². The predicted octanol–water partition coefficient (Wildman–Crippen LogP) is 1.68. The van der Waals surface area contributed by atoms with Crippen molar-refractivity contribution in [2.45, 2.75) is 24.7 Å². The van der Waals surface area contributed by atoms with Crippen LogP contribution in [0.4, 0.5) is 4.79 Å². The number of sulfonamides is 1. The number of rotatable bonds is 4. The second-order valence-corrected chi connectivity index (χ2v) is 5.11. The van der Waals surface area contributed by atoms with Crippen LogP contribution in [0.25, 0.3) is 0 Å². The molecule has 1 aromatic carbocycles. The summed E-state index contributed by atoms with van der Waals surface area (Å²) < 4.78 is 29.9. The Balaban J connectivity index is 3.10. The maximum Gasteiger partial charge on any atom is 0.420 e. The molecule has 1 amide bonds. The SMILES string of the molecule is CCCc1ccccc1S(=O)(=O)NC(=O)OC. The molecule has 0 radical (unpaired) electrons. The van der Waals surface area contributed by atoms with Gasteiger partial charge in [0.2, 0.25) is 0 Å². The van der Waals surface area contributed by atoms with Crippen LogP contribution in [0.5, 0.6) is 0 Å². The van der Waals surface area contributed by atoms with Crippen LogP contribution in [0.3, 0.4) is 0 Å². The van der Waals surface area contributed by atoms with Gasteiger partial charge in [0, 0.05) is 0 Å². The lowest BCUT2D eigenvalue weighted by molar-refractivity contribution is 0.177. The first-order valence-corrected chi connectivity index (χ1v) is 6.68. The fraction of sp³-hybridized carbons (Fsp3) is 0.364. The molecule has 0 saturated carbocycles. The minimum Gasteiger partial charge on any atom is -0.452 e. The van der Waals surface area contributed by atoms with Gasteiger partial charge >= 0.3 is 6.09 Å². The first kappa shape index (κ1) is 13.5. The molecule has 1 aromatic rings. The molecule has 1 rings (SSSR count). The minimum absolute atomic E-state index is 0.118. The molecule has 94 valence electrons. The van der Waals surface area contributed by atoms with Gasteiger partial charge in [0.25, 0.3) is 10.0 Å². The number of hydrogen-bond acceptors (Lipinski definition) is 4. The lowest BCUT2D eigenvalue weighted by Crippen LogP contribution is -2.31. The van der Waals surface area contributed by atoms with Crippen molar-refractivity contribution in [2.24, 2.45) is 0 Å². The Labute approximate surface area is 101 Å². The number of ether oxygens (including phenoxy) is 1. The Hall–Kier alpha value is -1.56. The first-order valence-electron chi connectivity index (χ1n) is 5.20. The van der Waals surface area contributed by atoms with Crippen LogP contribution in [0, 0.1) is 0 Å². The Morgan fingerprint density at radius 2 is 2.00 bits per heavy atom. The fourth-order valence-electron chi connectivity index (χ4n) is 1.45. The smallest absolute Gasteiger partial charge is 0.420 e. The van der Waals surface area contributed by atoms with Crippen molar-refractivity contribution in [1.29, 1.82) is 0 Å². The molecule has 17 heavy (non-hydrogen) atoms. The van der Waals surface area contributed by atoms with E-state index in [0.29, 0.717) is 12.0 Å². The van der Waals surface area contributed by atoms with Gasteiger partial charge in [-0.2, -0.15) is 0 Å². The van der Waals surface area contributed by atoms with E-state index in [4.69, 9.17) is 0 Å². The largest absolute Gasteiger partial charge is 0.452 e. The summed E-state index contributed by atoms with van der Waals surface area (Å²) in [6.45, 7) is 1.96. The molecular formula is C11H15NO4S. The zero-order valence-electron chi connectivity index (χ0n) is 9.76. The molecular weight excluding hydrogens is 242 g/mol. The number of methoxy groups -OCH3 is 1. The van der Waals surface area contributed by atoms with Gasteiger partial charge in [-0.1, -0.05) is 31.5 Å². The summed E-state index contributed by atoms with van der Waals surface area (Å²) in [5.74, 6) is 0. The second-order valence-electron chi connectivity index (χ2n) is 3.45. The number of aryl methyl sites for hydroxylation is 1. The Kier molecular flexibility index (Phi) is 4.51. The van der Waals surface area contributed by atoms with Crippen LogP contribution >= 0.6 is 0 Å². The zero-order valence-corrected chi connectivity index (χ0v) is 10.6. The standard InChI is InChI=1S/C11H15NO4S/c1-3-6-9-7-4-5-8-10(9)17(14,15)12-11(13)16-2/h4-5,7-8H,3,6H2,1-2H3,(H,12,13). The average Bonchev–Trinajstić information content (AvgIpc) is 2.29. The molecule has 0 aromatic heterocycles. The highest BCUT2D eigenvalue weighted by Gasteiger charge is 2.20. The summed E-state index contributed by atoms with van der Waals surface area (Å²) in [4.78, 5) is 11.1. The lowest BCUT2D eigenvalue weighted by atomic mass is 10.1. The van der Waals surface area contributed by atoms with Gasteiger partial charge in [-0.05, 0) is 18.1 Å². The third-order valence-corrected chi connectivity index (χ3v) is 3.60. The molecule has 6 heteroatoms. The minimum atomic E-state index is -3.85. The summed E-state index contributed by atoms with van der Waals surface area (Å²) in [5.41, 5.74) is 0.686. The topological polar surface area (TPSA) is 72.5 Å². The van der Waals surface area contributed by atoms with E-state index in [9.17, 15) is 13.2 Å². The van der Waals surface area contributed by atoms with Gasteiger partial charge in [-0.25, -0.2) is 17.9 Å². The zero-order chi connectivity index (χ0) is 12.9. The monoisotopic (exact) mass is 257 g/mol. The Morgan fingerprint density at radius 3 is 2.59 bits per heavy atom. The van der Waals surface area contributed by atoms with Crippen molar-refractivity contribution < 1.29 is 17.9 Å². The fourth-order valence-corrected chi connectivity index (χ4v) is 2.63.